The maximum Gasteiger partial charge on any atom is 0.166 e. The van der Waals surface area contributed by atoms with E-state index in [0.717, 1.165) is 22.9 Å². The van der Waals surface area contributed by atoms with Gasteiger partial charge in [0.2, 0.25) is 0 Å². The molecule has 0 radical (unpaired) electrons. The van der Waals surface area contributed by atoms with Crippen LogP contribution in [-0.4, -0.2) is 17.2 Å². The van der Waals surface area contributed by atoms with E-state index in [4.69, 9.17) is 12.2 Å². The zero-order valence-electron chi connectivity index (χ0n) is 14.0. The van der Waals surface area contributed by atoms with Crippen LogP contribution >= 0.6 is 12.2 Å². The minimum atomic E-state index is 0.409. The molecule has 2 atom stereocenters. The van der Waals surface area contributed by atoms with Crippen molar-refractivity contribution in [1.29, 1.82) is 0 Å². The van der Waals surface area contributed by atoms with E-state index < -0.39 is 0 Å². The van der Waals surface area contributed by atoms with Crippen molar-refractivity contribution in [3.63, 3.8) is 0 Å². The van der Waals surface area contributed by atoms with E-state index in [0.29, 0.717) is 12.1 Å². The van der Waals surface area contributed by atoms with E-state index in [2.05, 4.69) is 45.3 Å². The van der Waals surface area contributed by atoms with Crippen LogP contribution in [0.1, 0.15) is 73.1 Å². The van der Waals surface area contributed by atoms with Crippen molar-refractivity contribution in [1.82, 2.24) is 10.6 Å². The number of nitrogens with one attached hydrogen (secondary N) is 2. The molecule has 1 fully saturated rings. The first-order valence-electron chi connectivity index (χ1n) is 8.58. The van der Waals surface area contributed by atoms with Gasteiger partial charge >= 0.3 is 0 Å². The van der Waals surface area contributed by atoms with Gasteiger partial charge in [-0.3, -0.25) is 0 Å². The Balaban J connectivity index is 2.67. The van der Waals surface area contributed by atoms with Crippen LogP contribution in [0.5, 0.6) is 0 Å². The molecule has 0 spiro atoms. The Bertz CT molecular complexity index is 277. The topological polar surface area (TPSA) is 24.1 Å². The molecule has 20 heavy (non-hydrogen) atoms. The third-order valence-corrected chi connectivity index (χ3v) is 4.99. The largest absolute Gasteiger partial charge is 0.361 e. The number of hydrogen-bond acceptors (Lipinski definition) is 1. The second-order valence-electron chi connectivity index (χ2n) is 6.76. The van der Waals surface area contributed by atoms with Gasteiger partial charge in [0.15, 0.2) is 5.11 Å². The minimum absolute atomic E-state index is 0.409. The van der Waals surface area contributed by atoms with E-state index in [9.17, 15) is 0 Å². The van der Waals surface area contributed by atoms with Crippen LogP contribution in [0.15, 0.2) is 0 Å². The molecule has 2 unspecified atom stereocenters. The van der Waals surface area contributed by atoms with E-state index in [-0.39, 0.29) is 0 Å². The third-order valence-electron chi connectivity index (χ3n) is 4.75. The Labute approximate surface area is 131 Å². The van der Waals surface area contributed by atoms with E-state index >= 15 is 0 Å². The Morgan fingerprint density at radius 1 is 1.10 bits per heavy atom. The molecule has 0 aromatic carbocycles. The van der Waals surface area contributed by atoms with Crippen molar-refractivity contribution in [2.45, 2.75) is 85.2 Å². The van der Waals surface area contributed by atoms with Crippen LogP contribution in [0.2, 0.25) is 0 Å². The highest BCUT2D eigenvalue weighted by atomic mass is 32.1. The third kappa shape index (κ3) is 5.23. The summed E-state index contributed by atoms with van der Waals surface area (Å²) in [5, 5.41) is 7.81. The lowest BCUT2D eigenvalue weighted by Gasteiger charge is -2.42. The highest BCUT2D eigenvalue weighted by molar-refractivity contribution is 7.80. The molecule has 0 amide bonds. The maximum absolute atomic E-state index is 5.47. The monoisotopic (exact) mass is 298 g/mol. The van der Waals surface area contributed by atoms with Gasteiger partial charge in [-0.2, -0.15) is 0 Å². The first kappa shape index (κ1) is 17.7. The lowest BCUT2D eigenvalue weighted by molar-refractivity contribution is 0.133. The molecule has 2 N–H and O–H groups in total. The standard InChI is InChI=1S/C17H34N2S/c1-6-9-13-10-14(7-2)16(15(8-3)11-13)19-17(20)18-12(4)5/h12-16H,6-11H2,1-5H3,(H2,18,19,20). The Hall–Kier alpha value is -0.310. The first-order chi connectivity index (χ1) is 9.51. The summed E-state index contributed by atoms with van der Waals surface area (Å²) in [6, 6.07) is 0.975. The first-order valence-corrected chi connectivity index (χ1v) is 8.99. The molecule has 118 valence electrons. The Morgan fingerprint density at radius 3 is 2.05 bits per heavy atom. The molecule has 0 aliphatic heterocycles. The van der Waals surface area contributed by atoms with Crippen molar-refractivity contribution >= 4 is 17.3 Å². The van der Waals surface area contributed by atoms with Crippen LogP contribution in [0.4, 0.5) is 0 Å². The second-order valence-corrected chi connectivity index (χ2v) is 7.17. The zero-order valence-corrected chi connectivity index (χ0v) is 14.9. The summed E-state index contributed by atoms with van der Waals surface area (Å²) in [4.78, 5) is 0. The molecule has 0 heterocycles. The minimum Gasteiger partial charge on any atom is -0.361 e. The van der Waals surface area contributed by atoms with E-state index in [1.807, 2.05) is 0 Å². The summed E-state index contributed by atoms with van der Waals surface area (Å²) >= 11 is 5.47. The molecule has 1 rings (SSSR count). The van der Waals surface area contributed by atoms with Gasteiger partial charge in [0.05, 0.1) is 0 Å². The van der Waals surface area contributed by atoms with Crippen molar-refractivity contribution in [2.24, 2.45) is 17.8 Å². The summed E-state index contributed by atoms with van der Waals surface area (Å²) in [6.07, 6.45) is 8.00. The number of rotatable bonds is 6. The normalized spacial score (nSPS) is 30.3. The fourth-order valence-electron chi connectivity index (χ4n) is 3.81. The molecule has 3 heteroatoms. The average Bonchev–Trinajstić information content (AvgIpc) is 2.39. The number of thiocarbonyl (C=S) groups is 1. The predicted octanol–water partition coefficient (Wildman–Crippen LogP) is 4.49. The summed E-state index contributed by atoms with van der Waals surface area (Å²) in [5.74, 6) is 2.48. The average molecular weight is 299 g/mol. The highest BCUT2D eigenvalue weighted by Gasteiger charge is 2.35. The molecular formula is C17H34N2S. The van der Waals surface area contributed by atoms with Gasteiger partial charge in [0.25, 0.3) is 0 Å². The van der Waals surface area contributed by atoms with Crippen LogP contribution in [-0.2, 0) is 0 Å². The molecule has 1 saturated carbocycles. The van der Waals surface area contributed by atoms with Crippen LogP contribution in [0, 0.1) is 17.8 Å². The van der Waals surface area contributed by atoms with Crippen LogP contribution in [0.3, 0.4) is 0 Å². The van der Waals surface area contributed by atoms with Crippen LogP contribution in [0.25, 0.3) is 0 Å². The lowest BCUT2D eigenvalue weighted by Crippen LogP contribution is -2.52. The molecule has 1 aliphatic carbocycles. The Kier molecular flexibility index (Phi) is 7.86. The van der Waals surface area contributed by atoms with Gasteiger partial charge in [-0.15, -0.1) is 0 Å². The van der Waals surface area contributed by atoms with Gasteiger partial charge in [0.1, 0.15) is 0 Å². The quantitative estimate of drug-likeness (QED) is 0.707. The summed E-state index contributed by atoms with van der Waals surface area (Å²) < 4.78 is 0. The Morgan fingerprint density at radius 2 is 1.65 bits per heavy atom. The highest BCUT2D eigenvalue weighted by Crippen LogP contribution is 2.39. The fraction of sp³-hybridized carbons (Fsp3) is 0.941. The van der Waals surface area contributed by atoms with Crippen molar-refractivity contribution < 1.29 is 0 Å². The number of hydrogen-bond donors (Lipinski definition) is 2. The van der Waals surface area contributed by atoms with Crippen molar-refractivity contribution in [3.8, 4) is 0 Å². The molecule has 1 aliphatic rings. The summed E-state index contributed by atoms with van der Waals surface area (Å²) in [5.41, 5.74) is 0. The molecular weight excluding hydrogens is 264 g/mol. The summed E-state index contributed by atoms with van der Waals surface area (Å²) in [6.45, 7) is 11.3. The van der Waals surface area contributed by atoms with E-state index in [1.54, 1.807) is 0 Å². The summed E-state index contributed by atoms with van der Waals surface area (Å²) in [7, 11) is 0. The maximum atomic E-state index is 5.47. The smallest absolute Gasteiger partial charge is 0.166 e. The SMILES string of the molecule is CCCC1CC(CC)C(NC(=S)NC(C)C)C(CC)C1. The zero-order chi connectivity index (χ0) is 15.1. The van der Waals surface area contributed by atoms with Gasteiger partial charge in [-0.25, -0.2) is 0 Å². The fourth-order valence-corrected chi connectivity index (χ4v) is 4.18. The van der Waals surface area contributed by atoms with Crippen molar-refractivity contribution in [2.75, 3.05) is 0 Å². The van der Waals surface area contributed by atoms with Gasteiger partial charge in [0, 0.05) is 12.1 Å². The van der Waals surface area contributed by atoms with Gasteiger partial charge in [-0.05, 0) is 56.7 Å². The van der Waals surface area contributed by atoms with Crippen molar-refractivity contribution in [3.05, 3.63) is 0 Å². The van der Waals surface area contributed by atoms with Gasteiger partial charge in [-0.1, -0.05) is 46.5 Å². The van der Waals surface area contributed by atoms with E-state index in [1.165, 1.54) is 38.5 Å². The second kappa shape index (κ2) is 8.86. The molecule has 0 saturated heterocycles. The molecule has 0 bridgehead atoms. The molecule has 0 aromatic rings. The van der Waals surface area contributed by atoms with Crippen LogP contribution < -0.4 is 10.6 Å². The molecule has 0 aromatic heterocycles. The van der Waals surface area contributed by atoms with Gasteiger partial charge < -0.3 is 10.6 Å². The predicted molar refractivity (Wildman–Crippen MR) is 93.0 cm³/mol. The lowest BCUT2D eigenvalue weighted by atomic mass is 9.68. The molecule has 2 nitrogen and oxygen atoms in total.